The second-order valence-electron chi connectivity index (χ2n) is 6.59. The van der Waals surface area contributed by atoms with Crippen LogP contribution < -0.4 is 0 Å². The van der Waals surface area contributed by atoms with Crippen LogP contribution in [0.25, 0.3) is 33.5 Å². The van der Waals surface area contributed by atoms with Crippen LogP contribution in [0.15, 0.2) is 85.2 Å². The summed E-state index contributed by atoms with van der Waals surface area (Å²) in [6.45, 7) is 0. The first-order valence-electron chi connectivity index (χ1n) is 8.98. The molecule has 0 amide bonds. The van der Waals surface area contributed by atoms with Crippen molar-refractivity contribution in [1.29, 1.82) is 0 Å². The molecule has 0 saturated heterocycles. The van der Waals surface area contributed by atoms with E-state index in [1.165, 1.54) is 16.7 Å². The molecule has 27 heavy (non-hydrogen) atoms. The molecule has 2 aromatic heterocycles. The van der Waals surface area contributed by atoms with Crippen LogP contribution in [-0.2, 0) is 6.42 Å². The van der Waals surface area contributed by atoms with Gasteiger partial charge in [-0.3, -0.25) is 0 Å². The van der Waals surface area contributed by atoms with Gasteiger partial charge in [0.2, 0.25) is 0 Å². The molecule has 0 unspecified atom stereocenters. The molecule has 0 radical (unpaired) electrons. The summed E-state index contributed by atoms with van der Waals surface area (Å²) < 4.78 is 0. The average Bonchev–Trinajstić information content (AvgIpc) is 3.38. The van der Waals surface area contributed by atoms with E-state index in [0.29, 0.717) is 0 Å². The summed E-state index contributed by atoms with van der Waals surface area (Å²) in [4.78, 5) is 15.5. The zero-order valence-corrected chi connectivity index (χ0v) is 14.7. The van der Waals surface area contributed by atoms with Crippen molar-refractivity contribution in [2.75, 3.05) is 0 Å². The first-order valence-corrected chi connectivity index (χ1v) is 8.98. The topological polar surface area (TPSA) is 57.4 Å². The predicted molar refractivity (Wildman–Crippen MR) is 108 cm³/mol. The first-order chi connectivity index (χ1) is 13.3. The smallest absolute Gasteiger partial charge is 0.137 e. The van der Waals surface area contributed by atoms with Gasteiger partial charge in [0.1, 0.15) is 11.6 Å². The molecule has 3 aromatic carbocycles. The molecule has 4 heteroatoms. The van der Waals surface area contributed by atoms with Crippen LogP contribution in [0.5, 0.6) is 0 Å². The Morgan fingerprint density at radius 2 is 1.63 bits per heavy atom. The minimum absolute atomic E-state index is 0.793. The molecule has 4 nitrogen and oxygen atoms in total. The lowest BCUT2D eigenvalue weighted by molar-refractivity contribution is 1.04. The van der Waals surface area contributed by atoms with Gasteiger partial charge in [-0.05, 0) is 34.9 Å². The van der Waals surface area contributed by atoms with Crippen LogP contribution in [0.3, 0.4) is 0 Å². The van der Waals surface area contributed by atoms with Crippen molar-refractivity contribution in [1.82, 2.24) is 19.9 Å². The molecular formula is C23H18N4. The summed E-state index contributed by atoms with van der Waals surface area (Å²) in [7, 11) is 0. The van der Waals surface area contributed by atoms with Crippen molar-refractivity contribution in [3.05, 3.63) is 96.6 Å². The molecule has 0 bridgehead atoms. The van der Waals surface area contributed by atoms with Gasteiger partial charge < -0.3 is 9.97 Å². The highest BCUT2D eigenvalue weighted by atomic mass is 14.9. The Labute approximate surface area is 157 Å². The van der Waals surface area contributed by atoms with E-state index >= 15 is 0 Å². The highest BCUT2D eigenvalue weighted by Gasteiger charge is 2.06. The SMILES string of the molecule is c1cc(-c2ccc(Cc3nc4ccccc4[nH]3)cc2)cc(-c2ncc[nH]2)c1. The van der Waals surface area contributed by atoms with E-state index in [0.717, 1.165) is 34.7 Å². The second kappa shape index (κ2) is 6.57. The van der Waals surface area contributed by atoms with E-state index in [4.69, 9.17) is 0 Å². The molecule has 2 heterocycles. The van der Waals surface area contributed by atoms with Crippen LogP contribution in [0.1, 0.15) is 11.4 Å². The molecule has 5 rings (SSSR count). The summed E-state index contributed by atoms with van der Waals surface area (Å²) in [6.07, 6.45) is 4.41. The molecule has 0 aliphatic heterocycles. The summed E-state index contributed by atoms with van der Waals surface area (Å²) >= 11 is 0. The van der Waals surface area contributed by atoms with Crippen LogP contribution in [-0.4, -0.2) is 19.9 Å². The third-order valence-electron chi connectivity index (χ3n) is 4.73. The van der Waals surface area contributed by atoms with E-state index in [-0.39, 0.29) is 0 Å². The molecule has 0 aliphatic rings. The van der Waals surface area contributed by atoms with Crippen LogP contribution in [0, 0.1) is 0 Å². The Balaban J connectivity index is 1.39. The molecular weight excluding hydrogens is 332 g/mol. The maximum atomic E-state index is 4.66. The third-order valence-corrected chi connectivity index (χ3v) is 4.73. The summed E-state index contributed by atoms with van der Waals surface area (Å²) in [5.41, 5.74) is 6.79. The largest absolute Gasteiger partial charge is 0.345 e. The van der Waals surface area contributed by atoms with Crippen LogP contribution >= 0.6 is 0 Å². The maximum Gasteiger partial charge on any atom is 0.137 e. The van der Waals surface area contributed by atoms with Gasteiger partial charge in [0, 0.05) is 24.4 Å². The number of benzene rings is 3. The predicted octanol–water partition coefficient (Wildman–Crippen LogP) is 5.21. The number of nitrogens with zero attached hydrogens (tertiary/aromatic N) is 2. The number of rotatable bonds is 4. The van der Waals surface area contributed by atoms with Crippen molar-refractivity contribution in [3.63, 3.8) is 0 Å². The van der Waals surface area contributed by atoms with Gasteiger partial charge in [0.15, 0.2) is 0 Å². The van der Waals surface area contributed by atoms with E-state index in [2.05, 4.69) is 74.5 Å². The highest BCUT2D eigenvalue weighted by molar-refractivity contribution is 5.75. The molecule has 5 aromatic rings. The molecule has 130 valence electrons. The number of hydrogen-bond donors (Lipinski definition) is 2. The molecule has 0 saturated carbocycles. The number of aromatic nitrogens is 4. The Kier molecular flexibility index (Phi) is 3.79. The van der Waals surface area contributed by atoms with Gasteiger partial charge in [-0.25, -0.2) is 9.97 Å². The van der Waals surface area contributed by atoms with E-state index in [9.17, 15) is 0 Å². The number of fused-ring (bicyclic) bond motifs is 1. The number of H-pyrrole nitrogens is 2. The quantitative estimate of drug-likeness (QED) is 0.467. The lowest BCUT2D eigenvalue weighted by atomic mass is 10.0. The number of para-hydroxylation sites is 2. The molecule has 0 spiro atoms. The summed E-state index contributed by atoms with van der Waals surface area (Å²) in [5, 5.41) is 0. The van der Waals surface area contributed by atoms with Crippen molar-refractivity contribution in [3.8, 4) is 22.5 Å². The fourth-order valence-corrected chi connectivity index (χ4v) is 3.37. The lowest BCUT2D eigenvalue weighted by Crippen LogP contribution is -1.90. The number of hydrogen-bond acceptors (Lipinski definition) is 2. The van der Waals surface area contributed by atoms with Gasteiger partial charge in [-0.1, -0.05) is 54.6 Å². The summed E-state index contributed by atoms with van der Waals surface area (Å²) in [5.74, 6) is 1.88. The second-order valence-corrected chi connectivity index (χ2v) is 6.59. The Morgan fingerprint density at radius 3 is 2.44 bits per heavy atom. The van der Waals surface area contributed by atoms with Crippen LogP contribution in [0.4, 0.5) is 0 Å². The fraction of sp³-hybridized carbons (Fsp3) is 0.0435. The Hall–Kier alpha value is -3.66. The third kappa shape index (κ3) is 3.13. The van der Waals surface area contributed by atoms with E-state index < -0.39 is 0 Å². The molecule has 0 aliphatic carbocycles. The molecule has 0 fully saturated rings. The van der Waals surface area contributed by atoms with Gasteiger partial charge in [0.05, 0.1) is 11.0 Å². The minimum atomic E-state index is 0.793. The highest BCUT2D eigenvalue weighted by Crippen LogP contribution is 2.25. The fourth-order valence-electron chi connectivity index (χ4n) is 3.37. The van der Waals surface area contributed by atoms with Gasteiger partial charge in [0.25, 0.3) is 0 Å². The van der Waals surface area contributed by atoms with Gasteiger partial charge in [-0.2, -0.15) is 0 Å². The van der Waals surface area contributed by atoms with Crippen LogP contribution in [0.2, 0.25) is 0 Å². The zero-order valence-electron chi connectivity index (χ0n) is 14.7. The van der Waals surface area contributed by atoms with Crippen molar-refractivity contribution in [2.45, 2.75) is 6.42 Å². The van der Waals surface area contributed by atoms with Crippen molar-refractivity contribution in [2.24, 2.45) is 0 Å². The lowest BCUT2D eigenvalue weighted by Gasteiger charge is -2.06. The van der Waals surface area contributed by atoms with E-state index in [1.807, 2.05) is 24.4 Å². The van der Waals surface area contributed by atoms with Gasteiger partial charge in [-0.15, -0.1) is 0 Å². The first kappa shape index (κ1) is 15.6. The zero-order chi connectivity index (χ0) is 18.1. The summed E-state index contributed by atoms with van der Waals surface area (Å²) in [6, 6.07) is 25.2. The standard InChI is InChI=1S/C23H18N4/c1-2-7-21-20(6-1)26-22(27-21)14-16-8-10-17(11-9-16)18-4-3-5-19(15-18)23-24-12-13-25-23/h1-13,15H,14H2,(H,24,25)(H,26,27). The minimum Gasteiger partial charge on any atom is -0.345 e. The average molecular weight is 350 g/mol. The molecule has 2 N–H and O–H groups in total. The number of nitrogens with one attached hydrogen (secondary N) is 2. The van der Waals surface area contributed by atoms with Crippen molar-refractivity contribution < 1.29 is 0 Å². The maximum absolute atomic E-state index is 4.66. The molecule has 0 atom stereocenters. The van der Waals surface area contributed by atoms with Crippen molar-refractivity contribution >= 4 is 11.0 Å². The van der Waals surface area contributed by atoms with Gasteiger partial charge >= 0.3 is 0 Å². The number of imidazole rings is 2. The normalized spacial score (nSPS) is 11.1. The number of aromatic amines is 2. The monoisotopic (exact) mass is 350 g/mol. The Bertz CT molecular complexity index is 1150. The Morgan fingerprint density at radius 1 is 0.778 bits per heavy atom. The van der Waals surface area contributed by atoms with E-state index in [1.54, 1.807) is 6.20 Å².